The van der Waals surface area contributed by atoms with Crippen molar-refractivity contribution in [2.75, 3.05) is 20.1 Å². The zero-order chi connectivity index (χ0) is 66.6. The van der Waals surface area contributed by atoms with E-state index < -0.39 is 138 Å². The number of aromatic nitrogens is 1. The first-order chi connectivity index (χ1) is 42.7. The molecule has 3 aromatic carbocycles. The first-order valence-corrected chi connectivity index (χ1v) is 29.2. The number of nitrogens with one attached hydrogen (secondary N) is 14. The summed E-state index contributed by atoms with van der Waals surface area (Å²) >= 11 is 0. The number of guanidine groups is 1. The third-order valence-corrected chi connectivity index (χ3v) is 14.0. The van der Waals surface area contributed by atoms with E-state index in [1.54, 1.807) is 20.0 Å². The van der Waals surface area contributed by atoms with E-state index in [-0.39, 0.29) is 81.2 Å². The van der Waals surface area contributed by atoms with Gasteiger partial charge in [0.05, 0.1) is 12.5 Å². The van der Waals surface area contributed by atoms with Crippen molar-refractivity contribution in [3.63, 3.8) is 0 Å². The van der Waals surface area contributed by atoms with Crippen LogP contribution in [-0.2, 0) is 67.2 Å². The predicted molar refractivity (Wildman–Crippen MR) is 328 cm³/mol. The van der Waals surface area contributed by atoms with Crippen molar-refractivity contribution in [3.8, 4) is 5.75 Å². The molecule has 0 spiro atoms. The number of H-pyrrole nitrogens is 1. The summed E-state index contributed by atoms with van der Waals surface area (Å²) in [4.78, 5) is 152. The fraction of sp³-hybridized carbons (Fsp3) is 0.458. The van der Waals surface area contributed by atoms with Gasteiger partial charge < -0.3 is 85.6 Å². The maximum Gasteiger partial charge on any atom is 0.334 e. The van der Waals surface area contributed by atoms with Crippen molar-refractivity contribution < 1.29 is 67.3 Å². The fourth-order valence-corrected chi connectivity index (χ4v) is 9.34. The van der Waals surface area contributed by atoms with Gasteiger partial charge >= 0.3 is 6.03 Å². The Morgan fingerprint density at radius 1 is 0.611 bits per heavy atom. The summed E-state index contributed by atoms with van der Waals surface area (Å²) in [6.45, 7) is 6.14. The number of hydrogen-bond acceptors (Lipinski definition) is 15. The number of amides is 12. The van der Waals surface area contributed by atoms with Crippen LogP contribution < -0.4 is 81.2 Å². The monoisotopic (exact) mass is 1260 g/mol. The lowest BCUT2D eigenvalue weighted by Gasteiger charge is -2.28. The summed E-state index contributed by atoms with van der Waals surface area (Å²) in [5, 5.41) is 54.6. The summed E-state index contributed by atoms with van der Waals surface area (Å²) in [5.74, 6) is -10.7. The number of unbranched alkanes of at least 4 members (excludes halogenated alkanes) is 1. The van der Waals surface area contributed by atoms with Crippen LogP contribution in [0.5, 0.6) is 5.75 Å². The molecule has 0 saturated carbocycles. The second-order valence-electron chi connectivity index (χ2n) is 21.9. The van der Waals surface area contributed by atoms with Crippen LogP contribution in [0.1, 0.15) is 89.3 Å². The van der Waals surface area contributed by atoms with E-state index in [1.807, 2.05) is 24.3 Å². The van der Waals surface area contributed by atoms with Crippen LogP contribution in [0.15, 0.2) is 79.0 Å². The maximum atomic E-state index is 14.5. The number of urea groups is 1. The quantitative estimate of drug-likeness (QED) is 0.00988. The first-order valence-electron chi connectivity index (χ1n) is 29.2. The molecular weight excluding hydrogens is 1170 g/mol. The van der Waals surface area contributed by atoms with Crippen LogP contribution in [0.4, 0.5) is 9.18 Å². The molecule has 1 heterocycles. The van der Waals surface area contributed by atoms with Crippen LogP contribution >= 0.6 is 0 Å². The van der Waals surface area contributed by atoms with E-state index in [4.69, 9.17) is 22.6 Å². The first kappa shape index (κ1) is 72.6. The Kier molecular flexibility index (Phi) is 29.4. The van der Waals surface area contributed by atoms with E-state index >= 15 is 0 Å². The molecule has 4 rings (SSSR count). The number of aromatic amines is 1. The van der Waals surface area contributed by atoms with Crippen molar-refractivity contribution in [1.82, 2.24) is 69.0 Å². The number of aliphatic hydroxyl groups excluding tert-OH is 1. The van der Waals surface area contributed by atoms with Gasteiger partial charge in [-0.15, -0.1) is 0 Å². The standard InChI is InChI=1S/C59H84FN17O13/c1-31(2)24-44(53(85)70-42(17-11-23-66-58(64)65-5)51(83)71-43(50(63)82)28-36-30-67-40-15-7-6-14-39(36)40)74-59(90)77-76-56(88)46(27-35-12-10-13-37(60)25-35)73-57(89)49(32(3)78)75-55(87)47(29-48(62)81)72-52(84)41(16-8-9-22-61)69-54(86)45(68-33(4)79)26-34-18-20-38(80)21-19-34/h6-7,10,12-15,18-21,25,30-32,41-47,49,67,78,80H,8-9,11,16-17,22-24,26-29,61H2,1-5H3,(H2,62,81)(H2,63,82)(H,68,79)(H,69,86)(H,70,85)(H,71,83)(H,72,84)(H,73,89)(H,75,87)(H,76,88)(H3,64,65,66)(H2,74,77,90)/t32-,41+,42+,43+,44+,45-,46+,47+,49?/m1/s1. The molecule has 4 aromatic rings. The summed E-state index contributed by atoms with van der Waals surface area (Å²) in [5.41, 5.74) is 23.3. The van der Waals surface area contributed by atoms with Crippen LogP contribution in [-0.4, -0.2) is 161 Å². The normalized spacial score (nSPS) is 14.0. The van der Waals surface area contributed by atoms with Crippen LogP contribution in [0.2, 0.25) is 0 Å². The average Bonchev–Trinajstić information content (AvgIpc) is 2.14. The number of nitrogens with two attached hydrogens (primary N) is 3. The molecule has 1 unspecified atom stereocenters. The lowest BCUT2D eigenvalue weighted by Crippen LogP contribution is -2.62. The number of carbonyl (C=O) groups excluding carboxylic acids is 11. The molecule has 0 aliphatic carbocycles. The summed E-state index contributed by atoms with van der Waals surface area (Å²) < 4.78 is 14.5. The number of phenolic OH excluding ortho intramolecular Hbond substituents is 1. The number of para-hydroxylation sites is 1. The SMILES string of the molecule is CNC(=N)NCCC[C@H](NC(=O)[C@H](CC(C)C)NC(=O)NNC(=O)[C@H](Cc1cccc(F)c1)NC(=O)C(NC(=O)[C@H](CC(N)=O)NC(=O)[C@H](CCCCN)NC(=O)[C@@H](Cc1ccc(O)cc1)NC(C)=O)[C@@H](C)O)C(=O)N[C@@H](Cc1c[nH]c2ccccc12)C(N)=O. The second kappa shape index (κ2) is 36.4. The van der Waals surface area contributed by atoms with E-state index in [0.717, 1.165) is 30.0 Å². The Labute approximate surface area is 518 Å². The van der Waals surface area contributed by atoms with Gasteiger partial charge in [0.25, 0.3) is 5.91 Å². The molecule has 0 aliphatic rings. The van der Waals surface area contributed by atoms with Crippen LogP contribution in [0.3, 0.4) is 0 Å². The van der Waals surface area contributed by atoms with E-state index in [2.05, 4.69) is 69.0 Å². The smallest absolute Gasteiger partial charge is 0.334 e. The van der Waals surface area contributed by atoms with Gasteiger partial charge in [-0.05, 0) is 105 Å². The number of rotatable bonds is 35. The zero-order valence-corrected chi connectivity index (χ0v) is 50.8. The van der Waals surface area contributed by atoms with Gasteiger partial charge in [0.2, 0.25) is 53.2 Å². The minimum Gasteiger partial charge on any atom is -0.508 e. The zero-order valence-electron chi connectivity index (χ0n) is 50.8. The molecule has 9 atom stereocenters. The third kappa shape index (κ3) is 24.7. The fourth-order valence-electron chi connectivity index (χ4n) is 9.34. The molecular formula is C59H84FN17O13. The number of benzene rings is 3. The number of hydrogen-bond donors (Lipinski definition) is 19. The molecule has 90 heavy (non-hydrogen) atoms. The molecule has 0 saturated heterocycles. The van der Waals surface area contributed by atoms with Gasteiger partial charge in [0.15, 0.2) is 5.96 Å². The highest BCUT2D eigenvalue weighted by molar-refractivity contribution is 5.99. The van der Waals surface area contributed by atoms with Gasteiger partial charge in [0.1, 0.15) is 59.9 Å². The van der Waals surface area contributed by atoms with Crippen molar-refractivity contribution in [3.05, 3.63) is 102 Å². The molecule has 31 heteroatoms. The second-order valence-corrected chi connectivity index (χ2v) is 21.9. The average molecular weight is 1260 g/mol. The molecule has 0 aliphatic heterocycles. The highest BCUT2D eigenvalue weighted by Gasteiger charge is 2.36. The highest BCUT2D eigenvalue weighted by atomic mass is 19.1. The Morgan fingerprint density at radius 3 is 1.79 bits per heavy atom. The molecule has 0 radical (unpaired) electrons. The van der Waals surface area contributed by atoms with Gasteiger partial charge in [-0.3, -0.25) is 58.8 Å². The van der Waals surface area contributed by atoms with Gasteiger partial charge in [-0.2, -0.15) is 0 Å². The molecule has 490 valence electrons. The Balaban J connectivity index is 1.51. The number of primary amides is 2. The number of hydrazine groups is 1. The number of halogens is 1. The summed E-state index contributed by atoms with van der Waals surface area (Å²) in [6.07, 6.45) is -0.687. The van der Waals surface area contributed by atoms with Crippen molar-refractivity contribution in [2.24, 2.45) is 23.1 Å². The van der Waals surface area contributed by atoms with Crippen molar-refractivity contribution in [2.45, 2.75) is 146 Å². The largest absolute Gasteiger partial charge is 0.508 e. The molecule has 1 aromatic heterocycles. The van der Waals surface area contributed by atoms with Crippen molar-refractivity contribution >= 4 is 82.0 Å². The number of aromatic hydroxyl groups is 1. The molecule has 0 bridgehead atoms. The number of aliphatic hydroxyl groups is 1. The van der Waals surface area contributed by atoms with Gasteiger partial charge in [-0.1, -0.05) is 56.3 Å². The van der Waals surface area contributed by atoms with Crippen molar-refractivity contribution in [1.29, 1.82) is 5.41 Å². The molecule has 22 N–H and O–H groups in total. The molecule has 0 fully saturated rings. The third-order valence-electron chi connectivity index (χ3n) is 14.0. The van der Waals surface area contributed by atoms with E-state index in [0.29, 0.717) is 17.5 Å². The number of fused-ring (bicyclic) bond motifs is 1. The Bertz CT molecular complexity index is 3150. The van der Waals surface area contributed by atoms with Crippen LogP contribution in [0.25, 0.3) is 10.9 Å². The maximum absolute atomic E-state index is 14.5. The number of phenols is 1. The van der Waals surface area contributed by atoms with Crippen LogP contribution in [0, 0.1) is 17.1 Å². The van der Waals surface area contributed by atoms with E-state index in [1.165, 1.54) is 50.4 Å². The molecule has 12 amide bonds. The topological polar surface area (TPSA) is 490 Å². The lowest BCUT2D eigenvalue weighted by molar-refractivity contribution is -0.137. The van der Waals surface area contributed by atoms with Gasteiger partial charge in [0, 0.05) is 56.9 Å². The molecule has 30 nitrogen and oxygen atoms in total. The van der Waals surface area contributed by atoms with Gasteiger partial charge in [-0.25, -0.2) is 14.6 Å². The highest BCUT2D eigenvalue weighted by Crippen LogP contribution is 2.20. The summed E-state index contributed by atoms with van der Waals surface area (Å²) in [6, 6.07) is 4.73. The Hall–Kier alpha value is -9.91. The minimum absolute atomic E-state index is 0.000535. The summed E-state index contributed by atoms with van der Waals surface area (Å²) in [7, 11) is 1.53. The number of carbonyl (C=O) groups is 11. The minimum atomic E-state index is -1.96. The Morgan fingerprint density at radius 2 is 1.19 bits per heavy atom. The van der Waals surface area contributed by atoms with E-state index in [9.17, 15) is 67.3 Å². The predicted octanol–water partition coefficient (Wildman–Crippen LogP) is -2.41. The lowest BCUT2D eigenvalue weighted by atomic mass is 10.0.